The second-order valence-corrected chi connectivity index (χ2v) is 5.88. The molecule has 0 fully saturated rings. The van der Waals surface area contributed by atoms with Gasteiger partial charge in [-0.1, -0.05) is 23.2 Å². The molecule has 0 radical (unpaired) electrons. The van der Waals surface area contributed by atoms with Crippen LogP contribution >= 0.6 is 39.1 Å². The number of benzene rings is 1. The van der Waals surface area contributed by atoms with E-state index in [0.717, 1.165) is 0 Å². The zero-order valence-electron chi connectivity index (χ0n) is 9.48. The van der Waals surface area contributed by atoms with E-state index >= 15 is 0 Å². The average Bonchev–Trinajstić information content (AvgIpc) is 2.29. The lowest BCUT2D eigenvalue weighted by molar-refractivity contribution is -0.123. The lowest BCUT2D eigenvalue weighted by Gasteiger charge is -2.21. The molecule has 0 aliphatic rings. The van der Waals surface area contributed by atoms with Crippen LogP contribution in [0.2, 0.25) is 10.0 Å². The maximum Gasteiger partial charge on any atom is 0.231 e. The molecule has 1 rings (SSSR count). The molecule has 94 valence electrons. The van der Waals surface area contributed by atoms with Gasteiger partial charge < -0.3 is 11.1 Å². The number of nitrogens with one attached hydrogen (secondary N) is 1. The molecule has 0 aliphatic heterocycles. The first kappa shape index (κ1) is 14.8. The van der Waals surface area contributed by atoms with E-state index in [1.807, 2.05) is 0 Å². The molecular formula is C11H13BrCl2N2O. The molecule has 6 heteroatoms. The van der Waals surface area contributed by atoms with Gasteiger partial charge >= 0.3 is 0 Å². The minimum atomic E-state index is -0.650. The summed E-state index contributed by atoms with van der Waals surface area (Å²) in [5.41, 5.74) is 5.35. The van der Waals surface area contributed by atoms with Crippen LogP contribution in [0.4, 0.5) is 5.69 Å². The number of carbonyl (C=O) groups is 1. The number of hydrogen-bond donors (Lipinski definition) is 2. The summed E-state index contributed by atoms with van der Waals surface area (Å²) >= 11 is 15.2. The van der Waals surface area contributed by atoms with Gasteiger partial charge in [-0.2, -0.15) is 0 Å². The first-order valence-corrected chi connectivity index (χ1v) is 6.49. The summed E-state index contributed by atoms with van der Waals surface area (Å²) in [5.74, 6) is -0.194. The highest BCUT2D eigenvalue weighted by Crippen LogP contribution is 2.36. The van der Waals surface area contributed by atoms with Crippen LogP contribution in [-0.2, 0) is 4.79 Å². The van der Waals surface area contributed by atoms with Gasteiger partial charge in [-0.15, -0.1) is 0 Å². The number of amides is 1. The number of hydrogen-bond acceptors (Lipinski definition) is 2. The Morgan fingerprint density at radius 1 is 1.41 bits per heavy atom. The van der Waals surface area contributed by atoms with E-state index in [2.05, 4.69) is 21.2 Å². The van der Waals surface area contributed by atoms with Crippen molar-refractivity contribution < 1.29 is 4.79 Å². The number of carbonyl (C=O) groups excluding carboxylic acids is 1. The quantitative estimate of drug-likeness (QED) is 0.825. The zero-order chi connectivity index (χ0) is 13.2. The van der Waals surface area contributed by atoms with Crippen molar-refractivity contribution in [1.82, 2.24) is 0 Å². The summed E-state index contributed by atoms with van der Waals surface area (Å²) in [7, 11) is 0. The summed E-state index contributed by atoms with van der Waals surface area (Å²) < 4.78 is 0.681. The Kier molecular flexibility index (Phi) is 4.84. The third-order valence-electron chi connectivity index (χ3n) is 2.41. The van der Waals surface area contributed by atoms with Gasteiger partial charge in [-0.25, -0.2) is 0 Å². The molecule has 3 nitrogen and oxygen atoms in total. The number of nitrogens with two attached hydrogens (primary N) is 1. The number of anilines is 1. The van der Waals surface area contributed by atoms with Gasteiger partial charge in [0.05, 0.1) is 21.1 Å². The molecular weight excluding hydrogens is 327 g/mol. The molecule has 0 spiro atoms. The highest BCUT2D eigenvalue weighted by Gasteiger charge is 2.26. The molecule has 0 atom stereocenters. The van der Waals surface area contributed by atoms with Crippen molar-refractivity contribution >= 4 is 50.7 Å². The van der Waals surface area contributed by atoms with Crippen LogP contribution in [0.3, 0.4) is 0 Å². The van der Waals surface area contributed by atoms with E-state index in [-0.39, 0.29) is 12.5 Å². The predicted octanol–water partition coefficient (Wildman–Crippen LogP) is 3.68. The van der Waals surface area contributed by atoms with Gasteiger partial charge in [-0.3, -0.25) is 4.79 Å². The largest absolute Gasteiger partial charge is 0.329 e. The summed E-state index contributed by atoms with van der Waals surface area (Å²) in [5, 5.41) is 3.39. The predicted molar refractivity (Wildman–Crippen MR) is 75.6 cm³/mol. The van der Waals surface area contributed by atoms with Crippen molar-refractivity contribution in [3.8, 4) is 0 Å². The smallest absolute Gasteiger partial charge is 0.231 e. The van der Waals surface area contributed by atoms with E-state index in [1.165, 1.54) is 0 Å². The molecule has 1 aromatic carbocycles. The molecule has 3 N–H and O–H groups in total. The van der Waals surface area contributed by atoms with Crippen LogP contribution in [0.5, 0.6) is 0 Å². The third-order valence-corrected chi connectivity index (χ3v) is 4.18. The van der Waals surface area contributed by atoms with Crippen LogP contribution in [0.15, 0.2) is 16.6 Å². The molecule has 1 aromatic rings. The summed E-state index contributed by atoms with van der Waals surface area (Å²) in [4.78, 5) is 11.9. The summed E-state index contributed by atoms with van der Waals surface area (Å²) in [6, 6.07) is 3.40. The second-order valence-electron chi connectivity index (χ2n) is 4.27. The Labute approximate surface area is 119 Å². The van der Waals surface area contributed by atoms with Crippen molar-refractivity contribution in [3.05, 3.63) is 26.7 Å². The fraction of sp³-hybridized carbons (Fsp3) is 0.364. The van der Waals surface area contributed by atoms with Gasteiger partial charge in [0, 0.05) is 11.0 Å². The Balaban J connectivity index is 2.98. The van der Waals surface area contributed by atoms with E-state index in [9.17, 15) is 4.79 Å². The number of rotatable bonds is 3. The molecule has 17 heavy (non-hydrogen) atoms. The standard InChI is InChI=1S/C11H13BrCl2N2O/c1-11(2,5-15)10(17)16-7-4-3-6(12)8(13)9(7)14/h3-4H,5,15H2,1-2H3,(H,16,17). The Morgan fingerprint density at radius 3 is 2.53 bits per heavy atom. The molecule has 0 aliphatic carbocycles. The van der Waals surface area contributed by atoms with E-state index in [1.54, 1.807) is 26.0 Å². The lowest BCUT2D eigenvalue weighted by Crippen LogP contribution is -2.37. The topological polar surface area (TPSA) is 55.1 Å². The van der Waals surface area contributed by atoms with Crippen molar-refractivity contribution in [3.63, 3.8) is 0 Å². The van der Waals surface area contributed by atoms with Crippen LogP contribution < -0.4 is 11.1 Å². The Morgan fingerprint density at radius 2 is 2.00 bits per heavy atom. The zero-order valence-corrected chi connectivity index (χ0v) is 12.6. The van der Waals surface area contributed by atoms with Crippen LogP contribution in [0, 0.1) is 5.41 Å². The maximum atomic E-state index is 11.9. The van der Waals surface area contributed by atoms with Crippen LogP contribution in [-0.4, -0.2) is 12.5 Å². The Bertz CT molecular complexity index is 449. The molecule has 1 amide bonds. The summed E-state index contributed by atoms with van der Waals surface area (Å²) in [6.45, 7) is 3.77. The summed E-state index contributed by atoms with van der Waals surface area (Å²) in [6.07, 6.45) is 0. The van der Waals surface area contributed by atoms with Crippen molar-refractivity contribution in [2.75, 3.05) is 11.9 Å². The Hall–Kier alpha value is -0.290. The SMILES string of the molecule is CC(C)(CN)C(=O)Nc1ccc(Br)c(Cl)c1Cl. The normalized spacial score (nSPS) is 11.4. The molecule has 0 saturated heterocycles. The van der Waals surface area contributed by atoms with Crippen LogP contribution in [0.25, 0.3) is 0 Å². The van der Waals surface area contributed by atoms with Crippen molar-refractivity contribution in [2.24, 2.45) is 11.1 Å². The minimum Gasteiger partial charge on any atom is -0.329 e. The fourth-order valence-corrected chi connectivity index (χ4v) is 1.83. The monoisotopic (exact) mass is 338 g/mol. The van der Waals surface area contributed by atoms with Gasteiger partial charge in [0.15, 0.2) is 0 Å². The lowest BCUT2D eigenvalue weighted by atomic mass is 9.92. The molecule has 0 unspecified atom stereocenters. The fourth-order valence-electron chi connectivity index (χ4n) is 1.01. The first-order valence-electron chi connectivity index (χ1n) is 4.94. The van der Waals surface area contributed by atoms with E-state index < -0.39 is 5.41 Å². The van der Waals surface area contributed by atoms with E-state index in [4.69, 9.17) is 28.9 Å². The molecule has 0 saturated carbocycles. The average molecular weight is 340 g/mol. The third kappa shape index (κ3) is 3.35. The highest BCUT2D eigenvalue weighted by molar-refractivity contribution is 9.10. The van der Waals surface area contributed by atoms with Gasteiger partial charge in [0.25, 0.3) is 0 Å². The van der Waals surface area contributed by atoms with Gasteiger partial charge in [-0.05, 0) is 41.9 Å². The van der Waals surface area contributed by atoms with E-state index in [0.29, 0.717) is 20.2 Å². The first-order chi connectivity index (χ1) is 7.79. The second kappa shape index (κ2) is 5.57. The molecule has 0 bridgehead atoms. The van der Waals surface area contributed by atoms with Crippen molar-refractivity contribution in [2.45, 2.75) is 13.8 Å². The minimum absolute atomic E-state index is 0.194. The van der Waals surface area contributed by atoms with Gasteiger partial charge in [0.1, 0.15) is 0 Å². The van der Waals surface area contributed by atoms with Crippen LogP contribution in [0.1, 0.15) is 13.8 Å². The number of halogens is 3. The van der Waals surface area contributed by atoms with Crippen molar-refractivity contribution in [1.29, 1.82) is 0 Å². The molecule has 0 aromatic heterocycles. The highest BCUT2D eigenvalue weighted by atomic mass is 79.9. The maximum absolute atomic E-state index is 11.9. The molecule has 0 heterocycles. The van der Waals surface area contributed by atoms with Gasteiger partial charge in [0.2, 0.25) is 5.91 Å².